The number of nitrogens with one attached hydrogen (secondary N) is 1. The highest BCUT2D eigenvalue weighted by Gasteiger charge is 2.32. The Morgan fingerprint density at radius 3 is 2.47 bits per heavy atom. The van der Waals surface area contributed by atoms with Crippen LogP contribution in [-0.2, 0) is 6.18 Å². The second kappa shape index (κ2) is 4.93. The first-order chi connectivity index (χ1) is 7.77. The predicted octanol–water partition coefficient (Wildman–Crippen LogP) is 2.47. The van der Waals surface area contributed by atoms with Crippen LogP contribution >= 0.6 is 11.6 Å². The summed E-state index contributed by atoms with van der Waals surface area (Å²) in [7, 11) is 1.49. The van der Waals surface area contributed by atoms with E-state index in [-0.39, 0.29) is 12.1 Å². The molecule has 0 spiro atoms. The van der Waals surface area contributed by atoms with E-state index in [0.29, 0.717) is 12.1 Å². The van der Waals surface area contributed by atoms with E-state index in [0.717, 1.165) is 0 Å². The number of phenolic OH excluding ortho intramolecular Hbond substituents is 1. The number of rotatable bonds is 3. The van der Waals surface area contributed by atoms with Gasteiger partial charge in [-0.2, -0.15) is 13.2 Å². The Bertz CT molecular complexity index is 423. The molecular weight excluding hydrogens is 259 g/mol. The third-order valence-electron chi connectivity index (χ3n) is 2.01. The van der Waals surface area contributed by atoms with E-state index in [2.05, 4.69) is 5.32 Å². The minimum Gasteiger partial charge on any atom is -0.507 e. The Morgan fingerprint density at radius 1 is 1.47 bits per heavy atom. The Balaban J connectivity index is 3.25. The average Bonchev–Trinajstić information content (AvgIpc) is 2.15. The van der Waals surface area contributed by atoms with Crippen LogP contribution in [-0.4, -0.2) is 24.5 Å². The summed E-state index contributed by atoms with van der Waals surface area (Å²) in [6.45, 7) is -0.126. The Labute approximate surface area is 100 Å². The predicted molar refractivity (Wildman–Crippen MR) is 56.4 cm³/mol. The van der Waals surface area contributed by atoms with Gasteiger partial charge in [0.25, 0.3) is 0 Å². The highest BCUT2D eigenvalue weighted by Crippen LogP contribution is 2.36. The summed E-state index contributed by atoms with van der Waals surface area (Å²) < 4.78 is 37.1. The van der Waals surface area contributed by atoms with Crippen molar-refractivity contribution < 1.29 is 23.1 Å². The van der Waals surface area contributed by atoms with Crippen molar-refractivity contribution in [3.8, 4) is 5.75 Å². The lowest BCUT2D eigenvalue weighted by atomic mass is 10.1. The van der Waals surface area contributed by atoms with Crippen LogP contribution in [0.3, 0.4) is 0 Å². The molecule has 0 aliphatic carbocycles. The lowest BCUT2D eigenvalue weighted by molar-refractivity contribution is -0.137. The van der Waals surface area contributed by atoms with Crippen LogP contribution in [0.2, 0.25) is 5.02 Å². The van der Waals surface area contributed by atoms with E-state index in [1.807, 2.05) is 0 Å². The number of likely N-dealkylation sites (N-methyl/N-ethyl adjacent to an activating group) is 1. The molecule has 1 rings (SSSR count). The quantitative estimate of drug-likeness (QED) is 0.827. The molecule has 0 fully saturated rings. The molecule has 2 N–H and O–H groups in total. The van der Waals surface area contributed by atoms with E-state index in [1.54, 1.807) is 0 Å². The number of phenols is 1. The fraction of sp³-hybridized carbons (Fsp3) is 0.300. The van der Waals surface area contributed by atoms with Crippen LogP contribution in [0.1, 0.15) is 15.9 Å². The van der Waals surface area contributed by atoms with E-state index >= 15 is 0 Å². The molecule has 0 amide bonds. The molecule has 0 aromatic heterocycles. The third kappa shape index (κ3) is 3.10. The first-order valence-electron chi connectivity index (χ1n) is 4.55. The van der Waals surface area contributed by atoms with Crippen molar-refractivity contribution in [1.29, 1.82) is 0 Å². The first kappa shape index (κ1) is 13.8. The van der Waals surface area contributed by atoms with Crippen LogP contribution in [0.25, 0.3) is 0 Å². The average molecular weight is 268 g/mol. The lowest BCUT2D eigenvalue weighted by Crippen LogP contribution is -2.19. The van der Waals surface area contributed by atoms with Crippen LogP contribution in [0.5, 0.6) is 5.75 Å². The van der Waals surface area contributed by atoms with Gasteiger partial charge in [0.15, 0.2) is 5.78 Å². The van der Waals surface area contributed by atoms with Crippen molar-refractivity contribution in [2.24, 2.45) is 0 Å². The molecule has 0 saturated carbocycles. The van der Waals surface area contributed by atoms with Crippen molar-refractivity contribution in [3.63, 3.8) is 0 Å². The van der Waals surface area contributed by atoms with Crippen molar-refractivity contribution >= 4 is 17.4 Å². The summed E-state index contributed by atoms with van der Waals surface area (Å²) in [6, 6.07) is 1.10. The summed E-state index contributed by atoms with van der Waals surface area (Å²) in [4.78, 5) is 11.5. The van der Waals surface area contributed by atoms with Gasteiger partial charge in [0, 0.05) is 0 Å². The van der Waals surface area contributed by atoms with Crippen molar-refractivity contribution in [2.75, 3.05) is 13.6 Å². The second-order valence-corrected chi connectivity index (χ2v) is 3.71. The smallest absolute Gasteiger partial charge is 0.416 e. The zero-order chi connectivity index (χ0) is 13.2. The number of hydrogen-bond donors (Lipinski definition) is 2. The molecular formula is C10H9ClF3NO2. The van der Waals surface area contributed by atoms with Crippen LogP contribution in [0.15, 0.2) is 12.1 Å². The minimum absolute atomic E-state index is 0.126. The third-order valence-corrected chi connectivity index (χ3v) is 2.31. The minimum atomic E-state index is -4.62. The lowest BCUT2D eigenvalue weighted by Gasteiger charge is -2.11. The van der Waals surface area contributed by atoms with Gasteiger partial charge in [-0.25, -0.2) is 0 Å². The van der Waals surface area contributed by atoms with Gasteiger partial charge >= 0.3 is 6.18 Å². The number of alkyl halides is 3. The maximum atomic E-state index is 12.4. The topological polar surface area (TPSA) is 49.3 Å². The van der Waals surface area contributed by atoms with Crippen molar-refractivity contribution in [1.82, 2.24) is 5.32 Å². The maximum absolute atomic E-state index is 12.4. The number of Topliss-reactive ketones (excluding diaryl/α,β-unsaturated/α-hetero) is 1. The fourth-order valence-electron chi connectivity index (χ4n) is 1.28. The number of halogens is 4. The summed E-state index contributed by atoms with van der Waals surface area (Å²) in [5.41, 5.74) is -1.41. The van der Waals surface area contributed by atoms with Crippen molar-refractivity contribution in [3.05, 3.63) is 28.3 Å². The van der Waals surface area contributed by atoms with Gasteiger partial charge in [-0.15, -0.1) is 0 Å². The number of carbonyl (C=O) groups is 1. The summed E-state index contributed by atoms with van der Waals surface area (Å²) >= 11 is 5.56. The zero-order valence-electron chi connectivity index (χ0n) is 8.73. The van der Waals surface area contributed by atoms with Crippen LogP contribution in [0, 0.1) is 0 Å². The molecule has 1 aromatic rings. The van der Waals surface area contributed by atoms with Gasteiger partial charge in [0.2, 0.25) is 0 Å². The van der Waals surface area contributed by atoms with E-state index in [4.69, 9.17) is 11.6 Å². The molecule has 0 atom stereocenters. The number of carbonyl (C=O) groups excluding carboxylic acids is 1. The Hall–Kier alpha value is -1.27. The molecule has 0 aliphatic heterocycles. The molecule has 94 valence electrons. The monoisotopic (exact) mass is 267 g/mol. The molecule has 0 unspecified atom stereocenters. The molecule has 3 nitrogen and oxygen atoms in total. The van der Waals surface area contributed by atoms with Crippen LogP contribution in [0.4, 0.5) is 13.2 Å². The number of benzene rings is 1. The molecule has 0 radical (unpaired) electrons. The Morgan fingerprint density at radius 2 is 2.06 bits per heavy atom. The SMILES string of the molecule is CNCC(=O)c1c(O)cc(C(F)(F)F)cc1Cl. The normalized spacial score (nSPS) is 11.6. The van der Waals surface area contributed by atoms with E-state index in [1.165, 1.54) is 7.05 Å². The van der Waals surface area contributed by atoms with Gasteiger partial charge in [-0.1, -0.05) is 11.6 Å². The van der Waals surface area contributed by atoms with Gasteiger partial charge in [-0.05, 0) is 19.2 Å². The molecule has 0 aliphatic rings. The standard InChI is InChI=1S/C10H9ClF3NO2/c1-15-4-8(17)9-6(11)2-5(3-7(9)16)10(12,13)14/h2-3,15-16H,4H2,1H3. The summed E-state index contributed by atoms with van der Waals surface area (Å²) in [5.74, 6) is -1.35. The fourth-order valence-corrected chi connectivity index (χ4v) is 1.60. The molecule has 0 bridgehead atoms. The highest BCUT2D eigenvalue weighted by atomic mass is 35.5. The van der Waals surface area contributed by atoms with Gasteiger partial charge in [-0.3, -0.25) is 4.79 Å². The Kier molecular flexibility index (Phi) is 4.00. The number of hydrogen-bond acceptors (Lipinski definition) is 3. The molecule has 0 saturated heterocycles. The second-order valence-electron chi connectivity index (χ2n) is 3.30. The van der Waals surface area contributed by atoms with Gasteiger partial charge in [0.1, 0.15) is 5.75 Å². The van der Waals surface area contributed by atoms with E-state index < -0.39 is 28.3 Å². The number of aromatic hydroxyl groups is 1. The largest absolute Gasteiger partial charge is 0.507 e. The maximum Gasteiger partial charge on any atom is 0.416 e. The van der Waals surface area contributed by atoms with E-state index in [9.17, 15) is 23.1 Å². The van der Waals surface area contributed by atoms with Crippen LogP contribution < -0.4 is 5.32 Å². The van der Waals surface area contributed by atoms with Crippen molar-refractivity contribution in [2.45, 2.75) is 6.18 Å². The summed E-state index contributed by atoms with van der Waals surface area (Å²) in [6.07, 6.45) is -4.62. The highest BCUT2D eigenvalue weighted by molar-refractivity contribution is 6.34. The molecule has 1 aromatic carbocycles. The summed E-state index contributed by atoms with van der Waals surface area (Å²) in [5, 5.41) is 11.5. The molecule has 0 heterocycles. The molecule has 17 heavy (non-hydrogen) atoms. The number of ketones is 1. The van der Waals surface area contributed by atoms with Gasteiger partial charge in [0.05, 0.1) is 22.7 Å². The van der Waals surface area contributed by atoms with Gasteiger partial charge < -0.3 is 10.4 Å². The first-order valence-corrected chi connectivity index (χ1v) is 4.92. The molecule has 7 heteroatoms. The zero-order valence-corrected chi connectivity index (χ0v) is 9.49.